The normalized spacial score (nSPS) is 9.71. The number of aliphatic carboxylic acids is 1. The third-order valence-electron chi connectivity index (χ3n) is 3.41. The van der Waals surface area contributed by atoms with Gasteiger partial charge in [-0.2, -0.15) is 0 Å². The summed E-state index contributed by atoms with van der Waals surface area (Å²) in [6, 6.07) is 0. The Morgan fingerprint density at radius 2 is 1.17 bits per heavy atom. The van der Waals surface area contributed by atoms with Crippen LogP contribution in [0.2, 0.25) is 0 Å². The van der Waals surface area contributed by atoms with Crippen LogP contribution in [0.5, 0.6) is 0 Å². The van der Waals surface area contributed by atoms with Crippen molar-refractivity contribution in [2.75, 3.05) is 6.61 Å². The maximum absolute atomic E-state index is 10.6. The van der Waals surface area contributed by atoms with E-state index in [9.17, 15) is 9.59 Å². The van der Waals surface area contributed by atoms with Crippen LogP contribution in [-0.2, 0) is 14.3 Å². The second kappa shape index (κ2) is 19.3. The van der Waals surface area contributed by atoms with E-state index in [1.165, 1.54) is 57.8 Å². The van der Waals surface area contributed by atoms with E-state index in [0.29, 0.717) is 0 Å². The Hall–Kier alpha value is -1.79. The molecule has 0 spiro atoms. The minimum Gasteiger partial charge on any atom is -0.473 e. The van der Waals surface area contributed by atoms with Gasteiger partial charge in [0.05, 0.1) is 6.61 Å². The van der Waals surface area contributed by atoms with E-state index in [-0.39, 0.29) is 12.6 Å². The number of carboxylic acids is 1. The number of rotatable bonds is 13. The summed E-state index contributed by atoms with van der Waals surface area (Å²) in [4.78, 5) is 20.8. The Morgan fingerprint density at radius 3 is 1.50 bits per heavy atom. The van der Waals surface area contributed by atoms with Crippen LogP contribution in [0.15, 0.2) is 0 Å². The van der Waals surface area contributed by atoms with Crippen molar-refractivity contribution in [3.05, 3.63) is 0 Å². The van der Waals surface area contributed by atoms with Gasteiger partial charge in [0, 0.05) is 0 Å². The summed E-state index contributed by atoms with van der Waals surface area (Å²) in [6.07, 6.45) is 14.9. The number of hydrogen-bond donors (Lipinski definition) is 4. The first kappa shape index (κ1) is 24.5. The molecule has 24 heavy (non-hydrogen) atoms. The topological polar surface area (TPSA) is 139 Å². The number of nitrogens with two attached hydrogens (primary N) is 2. The lowest BCUT2D eigenvalue weighted by molar-refractivity contribution is -0.163. The van der Waals surface area contributed by atoms with Crippen molar-refractivity contribution in [3.8, 4) is 0 Å². The summed E-state index contributed by atoms with van der Waals surface area (Å²) in [5.41, 5.74) is 8.94. The van der Waals surface area contributed by atoms with E-state index in [0.717, 1.165) is 19.3 Å². The molecule has 7 heteroatoms. The van der Waals surface area contributed by atoms with Crippen LogP contribution in [0.25, 0.3) is 0 Å². The molecule has 0 aliphatic carbocycles. The van der Waals surface area contributed by atoms with Gasteiger partial charge in [0.25, 0.3) is 0 Å². The number of hydrogen-bond acceptors (Lipinski definition) is 4. The molecule has 0 aromatic heterocycles. The highest BCUT2D eigenvalue weighted by Gasteiger charge is 2.11. The minimum atomic E-state index is -1.51. The van der Waals surface area contributed by atoms with E-state index >= 15 is 0 Å². The first-order chi connectivity index (χ1) is 11.4. The molecule has 7 nitrogen and oxygen atoms in total. The predicted octanol–water partition coefficient (Wildman–Crippen LogP) is 3.15. The Labute approximate surface area is 145 Å². The second-order valence-electron chi connectivity index (χ2n) is 5.79. The van der Waals surface area contributed by atoms with E-state index < -0.39 is 11.9 Å². The number of unbranched alkanes of at least 4 members (excludes halogenated alkanes) is 11. The van der Waals surface area contributed by atoms with Crippen LogP contribution in [-0.4, -0.2) is 29.6 Å². The number of guanidine groups is 1. The molecule has 0 rings (SSSR count). The van der Waals surface area contributed by atoms with Crippen molar-refractivity contribution in [1.82, 2.24) is 0 Å². The highest BCUT2D eigenvalue weighted by Crippen LogP contribution is 2.11. The molecule has 0 saturated carbocycles. The molecule has 0 aliphatic rings. The van der Waals surface area contributed by atoms with Crippen molar-refractivity contribution in [1.29, 1.82) is 5.41 Å². The molecule has 0 aliphatic heterocycles. The lowest BCUT2D eigenvalue weighted by Crippen LogP contribution is -2.20. The van der Waals surface area contributed by atoms with Crippen molar-refractivity contribution in [3.63, 3.8) is 0 Å². The predicted molar refractivity (Wildman–Crippen MR) is 95.8 cm³/mol. The van der Waals surface area contributed by atoms with Gasteiger partial charge < -0.3 is 21.3 Å². The zero-order chi connectivity index (χ0) is 18.6. The van der Waals surface area contributed by atoms with E-state index in [1.54, 1.807) is 0 Å². The van der Waals surface area contributed by atoms with Gasteiger partial charge in [0.1, 0.15) is 0 Å². The molecule has 0 amide bonds. The molecule has 0 heterocycles. The van der Waals surface area contributed by atoms with Crippen LogP contribution >= 0.6 is 0 Å². The van der Waals surface area contributed by atoms with Gasteiger partial charge in [0.2, 0.25) is 0 Å². The van der Waals surface area contributed by atoms with Gasteiger partial charge in [-0.3, -0.25) is 5.41 Å². The average Bonchev–Trinajstić information content (AvgIpc) is 2.51. The third kappa shape index (κ3) is 25.2. The third-order valence-corrected chi connectivity index (χ3v) is 3.41. The fourth-order valence-electron chi connectivity index (χ4n) is 2.17. The Kier molecular flexibility index (Phi) is 19.6. The minimum absolute atomic E-state index is 0.225. The fourth-order valence-corrected chi connectivity index (χ4v) is 2.17. The van der Waals surface area contributed by atoms with Crippen LogP contribution in [0.3, 0.4) is 0 Å². The number of carbonyl (C=O) groups excluding carboxylic acids is 1. The van der Waals surface area contributed by atoms with Crippen LogP contribution in [0, 0.1) is 5.41 Å². The molecule has 142 valence electrons. The number of nitrogens with one attached hydrogen (secondary N) is 1. The summed E-state index contributed by atoms with van der Waals surface area (Å²) in [7, 11) is 0. The van der Waals surface area contributed by atoms with Gasteiger partial charge in [0.15, 0.2) is 5.96 Å². The first-order valence-electron chi connectivity index (χ1n) is 8.91. The molecule has 0 unspecified atom stereocenters. The number of carbonyl (C=O) groups is 2. The molecule has 0 atom stereocenters. The molecular weight excluding hydrogens is 310 g/mol. The smallest absolute Gasteiger partial charge is 0.417 e. The van der Waals surface area contributed by atoms with Gasteiger partial charge in [-0.05, 0) is 6.42 Å². The summed E-state index contributed by atoms with van der Waals surface area (Å²) in [5, 5.41) is 14.4. The quantitative estimate of drug-likeness (QED) is 0.133. The molecule has 0 saturated heterocycles. The molecule has 0 radical (unpaired) electrons. The monoisotopic (exact) mass is 345 g/mol. The highest BCUT2D eigenvalue weighted by atomic mass is 16.6. The van der Waals surface area contributed by atoms with E-state index in [2.05, 4.69) is 23.1 Å². The van der Waals surface area contributed by atoms with E-state index in [4.69, 9.17) is 10.5 Å². The first-order valence-corrected chi connectivity index (χ1v) is 8.91. The highest BCUT2D eigenvalue weighted by molar-refractivity contribution is 6.28. The second-order valence-corrected chi connectivity index (χ2v) is 5.79. The van der Waals surface area contributed by atoms with Crippen LogP contribution in [0.4, 0.5) is 0 Å². The average molecular weight is 345 g/mol. The zero-order valence-corrected chi connectivity index (χ0v) is 15.0. The lowest BCUT2D eigenvalue weighted by atomic mass is 10.1. The summed E-state index contributed by atoms with van der Waals surface area (Å²) < 4.78 is 4.56. The van der Waals surface area contributed by atoms with Gasteiger partial charge in [-0.25, -0.2) is 9.59 Å². The molecular formula is C17H35N3O4. The largest absolute Gasteiger partial charge is 0.473 e. The Morgan fingerprint density at radius 1 is 0.833 bits per heavy atom. The van der Waals surface area contributed by atoms with E-state index in [1.807, 2.05) is 0 Å². The standard InChI is InChI=1S/C16H30O4.CH5N3/c1-2-3-4-5-6-7-8-9-10-11-12-13-14-20-16(19)15(17)18;2-1(3)4/h2-14H2,1H3,(H,17,18);(H5,2,3,4). The number of carboxylic acid groups (broad SMARTS) is 1. The number of ether oxygens (including phenoxy) is 1. The van der Waals surface area contributed by atoms with Gasteiger partial charge >= 0.3 is 11.9 Å². The molecule has 0 bridgehead atoms. The lowest BCUT2D eigenvalue weighted by Gasteiger charge is -2.03. The maximum atomic E-state index is 10.6. The zero-order valence-electron chi connectivity index (χ0n) is 15.0. The van der Waals surface area contributed by atoms with Crippen molar-refractivity contribution in [2.45, 2.75) is 84.0 Å². The summed E-state index contributed by atoms with van der Waals surface area (Å²) in [5.74, 6) is -2.99. The SMILES string of the molecule is CCCCCCCCCCCCCCOC(=O)C(=O)O.N=C(N)N. The van der Waals surface area contributed by atoms with Crippen LogP contribution in [0.1, 0.15) is 84.0 Å². The molecule has 0 aromatic rings. The Bertz CT molecular complexity index is 332. The van der Waals surface area contributed by atoms with Crippen molar-refractivity contribution < 1.29 is 19.4 Å². The summed E-state index contributed by atoms with van der Waals surface area (Å²) >= 11 is 0. The van der Waals surface area contributed by atoms with Crippen LogP contribution < -0.4 is 11.5 Å². The Balaban J connectivity index is 0. The molecule has 6 N–H and O–H groups in total. The van der Waals surface area contributed by atoms with Crippen molar-refractivity contribution in [2.24, 2.45) is 11.5 Å². The molecule has 0 aromatic carbocycles. The number of esters is 1. The van der Waals surface area contributed by atoms with Crippen molar-refractivity contribution >= 4 is 17.9 Å². The molecule has 0 fully saturated rings. The van der Waals surface area contributed by atoms with Gasteiger partial charge in [-0.1, -0.05) is 77.6 Å². The summed E-state index contributed by atoms with van der Waals surface area (Å²) in [6.45, 7) is 2.46. The van der Waals surface area contributed by atoms with Gasteiger partial charge in [-0.15, -0.1) is 0 Å². The maximum Gasteiger partial charge on any atom is 0.417 e. The fraction of sp³-hybridized carbons (Fsp3) is 0.824.